The molecule has 0 bridgehead atoms. The minimum atomic E-state index is -0.238. The molecule has 1 saturated heterocycles. The third-order valence-electron chi connectivity index (χ3n) is 3.82. The highest BCUT2D eigenvalue weighted by atomic mass is 16.3. The van der Waals surface area contributed by atoms with Crippen LogP contribution >= 0.6 is 0 Å². The van der Waals surface area contributed by atoms with Crippen LogP contribution in [0.5, 0.6) is 0 Å². The predicted molar refractivity (Wildman–Crippen MR) is 55.8 cm³/mol. The van der Waals surface area contributed by atoms with Crippen LogP contribution in [0.1, 0.15) is 47.0 Å². The summed E-state index contributed by atoms with van der Waals surface area (Å²) in [6.07, 6.45) is 3.35. The molecule has 13 heavy (non-hydrogen) atoms. The molecule has 1 N–H and O–H groups in total. The fraction of sp³-hybridized carbons (Fsp3) is 1.00. The van der Waals surface area contributed by atoms with Gasteiger partial charge in [0.05, 0.1) is 6.10 Å². The Balaban J connectivity index is 2.75. The van der Waals surface area contributed by atoms with E-state index in [-0.39, 0.29) is 11.6 Å². The van der Waals surface area contributed by atoms with Crippen LogP contribution in [-0.4, -0.2) is 34.2 Å². The molecule has 1 heterocycles. The van der Waals surface area contributed by atoms with E-state index in [1.807, 2.05) is 6.92 Å². The molecule has 0 aromatic carbocycles. The fourth-order valence-electron chi connectivity index (χ4n) is 2.43. The fourth-order valence-corrected chi connectivity index (χ4v) is 2.43. The maximum Gasteiger partial charge on any atom is 0.0693 e. The van der Waals surface area contributed by atoms with E-state index in [9.17, 15) is 5.11 Å². The van der Waals surface area contributed by atoms with E-state index in [1.165, 1.54) is 12.8 Å². The molecule has 1 rings (SSSR count). The van der Waals surface area contributed by atoms with Crippen molar-refractivity contribution in [3.05, 3.63) is 0 Å². The standard InChI is InChI=1S/C11H23NO/c1-5-11(4,10(3)13)12-8-6-7-9(12)2/h9-10,13H,5-8H2,1-4H3. The van der Waals surface area contributed by atoms with Gasteiger partial charge >= 0.3 is 0 Å². The lowest BCUT2D eigenvalue weighted by Crippen LogP contribution is -2.54. The van der Waals surface area contributed by atoms with Crippen molar-refractivity contribution in [1.82, 2.24) is 4.90 Å². The van der Waals surface area contributed by atoms with Crippen LogP contribution in [0, 0.1) is 0 Å². The maximum atomic E-state index is 9.81. The third-order valence-corrected chi connectivity index (χ3v) is 3.82. The van der Waals surface area contributed by atoms with Crippen LogP contribution < -0.4 is 0 Å². The molecule has 1 aliphatic rings. The number of hydrogen-bond donors (Lipinski definition) is 1. The first kappa shape index (κ1) is 11.0. The van der Waals surface area contributed by atoms with E-state index >= 15 is 0 Å². The van der Waals surface area contributed by atoms with Gasteiger partial charge in [0.2, 0.25) is 0 Å². The molecule has 3 unspecified atom stereocenters. The van der Waals surface area contributed by atoms with Crippen molar-refractivity contribution >= 4 is 0 Å². The van der Waals surface area contributed by atoms with Gasteiger partial charge in [0.15, 0.2) is 0 Å². The monoisotopic (exact) mass is 185 g/mol. The average molecular weight is 185 g/mol. The van der Waals surface area contributed by atoms with E-state index in [4.69, 9.17) is 0 Å². The summed E-state index contributed by atoms with van der Waals surface area (Å²) in [5, 5.41) is 9.81. The summed E-state index contributed by atoms with van der Waals surface area (Å²) in [6, 6.07) is 0.638. The lowest BCUT2D eigenvalue weighted by atomic mass is 9.90. The molecule has 0 saturated carbocycles. The van der Waals surface area contributed by atoms with Crippen LogP contribution in [0.25, 0.3) is 0 Å². The molecule has 0 spiro atoms. The number of hydrogen-bond acceptors (Lipinski definition) is 2. The normalized spacial score (nSPS) is 31.6. The van der Waals surface area contributed by atoms with Gasteiger partial charge < -0.3 is 5.11 Å². The van der Waals surface area contributed by atoms with Gasteiger partial charge in [-0.1, -0.05) is 6.92 Å². The van der Waals surface area contributed by atoms with Gasteiger partial charge in [-0.25, -0.2) is 0 Å². The summed E-state index contributed by atoms with van der Waals surface area (Å²) in [7, 11) is 0. The van der Waals surface area contributed by atoms with Gasteiger partial charge in [0.25, 0.3) is 0 Å². The Labute approximate surface area is 81.9 Å². The third kappa shape index (κ3) is 1.89. The van der Waals surface area contributed by atoms with E-state index < -0.39 is 0 Å². The van der Waals surface area contributed by atoms with E-state index in [1.54, 1.807) is 0 Å². The predicted octanol–water partition coefficient (Wildman–Crippen LogP) is 2.02. The second kappa shape index (κ2) is 3.97. The van der Waals surface area contributed by atoms with E-state index in [0.29, 0.717) is 6.04 Å². The first-order chi connectivity index (χ1) is 6.02. The van der Waals surface area contributed by atoms with Gasteiger partial charge in [-0.3, -0.25) is 4.90 Å². The van der Waals surface area contributed by atoms with Crippen LogP contribution in [-0.2, 0) is 0 Å². The molecule has 0 aromatic heterocycles. The molecular weight excluding hydrogens is 162 g/mol. The van der Waals surface area contributed by atoms with Gasteiger partial charge in [0.1, 0.15) is 0 Å². The van der Waals surface area contributed by atoms with Crippen LogP contribution in [0.4, 0.5) is 0 Å². The Bertz CT molecular complexity index is 169. The van der Waals surface area contributed by atoms with Crippen LogP contribution in [0.3, 0.4) is 0 Å². The SMILES string of the molecule is CCC(C)(C(C)O)N1CCCC1C. The largest absolute Gasteiger partial charge is 0.391 e. The van der Waals surface area contributed by atoms with E-state index in [0.717, 1.165) is 13.0 Å². The van der Waals surface area contributed by atoms with Crippen molar-refractivity contribution in [1.29, 1.82) is 0 Å². The minimum Gasteiger partial charge on any atom is -0.391 e. The Hall–Kier alpha value is -0.0800. The summed E-state index contributed by atoms with van der Waals surface area (Å²) in [4.78, 5) is 2.47. The molecule has 2 heteroatoms. The highest BCUT2D eigenvalue weighted by Gasteiger charge is 2.39. The maximum absolute atomic E-state index is 9.81. The van der Waals surface area contributed by atoms with Crippen LogP contribution in [0.2, 0.25) is 0 Å². The molecule has 3 atom stereocenters. The highest BCUT2D eigenvalue weighted by Crippen LogP contribution is 2.31. The molecule has 1 fully saturated rings. The smallest absolute Gasteiger partial charge is 0.0693 e. The van der Waals surface area contributed by atoms with Gasteiger partial charge in [-0.2, -0.15) is 0 Å². The second-order valence-corrected chi connectivity index (χ2v) is 4.57. The van der Waals surface area contributed by atoms with Gasteiger partial charge in [-0.15, -0.1) is 0 Å². The topological polar surface area (TPSA) is 23.5 Å². The number of likely N-dealkylation sites (tertiary alicyclic amines) is 1. The van der Waals surface area contributed by atoms with Crippen LogP contribution in [0.15, 0.2) is 0 Å². The molecule has 2 nitrogen and oxygen atoms in total. The Kier molecular flexibility index (Phi) is 3.36. The Morgan fingerprint density at radius 1 is 1.62 bits per heavy atom. The molecule has 0 radical (unpaired) electrons. The van der Waals surface area contributed by atoms with Crippen molar-refractivity contribution in [2.24, 2.45) is 0 Å². The average Bonchev–Trinajstić information content (AvgIpc) is 2.50. The first-order valence-electron chi connectivity index (χ1n) is 5.47. The number of aliphatic hydroxyl groups excluding tert-OH is 1. The molecular formula is C11H23NO. The zero-order valence-corrected chi connectivity index (χ0v) is 9.38. The molecule has 78 valence electrons. The zero-order chi connectivity index (χ0) is 10.1. The van der Waals surface area contributed by atoms with Crippen molar-refractivity contribution in [3.63, 3.8) is 0 Å². The van der Waals surface area contributed by atoms with Crippen molar-refractivity contribution in [2.75, 3.05) is 6.54 Å². The van der Waals surface area contributed by atoms with E-state index in [2.05, 4.69) is 25.7 Å². The van der Waals surface area contributed by atoms with Gasteiger partial charge in [-0.05, 0) is 46.6 Å². The molecule has 0 aliphatic carbocycles. The summed E-state index contributed by atoms with van der Waals surface area (Å²) in [6.45, 7) is 9.67. The summed E-state index contributed by atoms with van der Waals surface area (Å²) < 4.78 is 0. The van der Waals surface area contributed by atoms with Crippen molar-refractivity contribution in [2.45, 2.75) is 64.6 Å². The molecule has 0 aromatic rings. The summed E-state index contributed by atoms with van der Waals surface area (Å²) >= 11 is 0. The summed E-state index contributed by atoms with van der Waals surface area (Å²) in [5.74, 6) is 0. The number of rotatable bonds is 3. The Morgan fingerprint density at radius 2 is 2.23 bits per heavy atom. The minimum absolute atomic E-state index is 0.0179. The zero-order valence-electron chi connectivity index (χ0n) is 9.38. The highest BCUT2D eigenvalue weighted by molar-refractivity contribution is 4.94. The lowest BCUT2D eigenvalue weighted by molar-refractivity contribution is -0.0186. The second-order valence-electron chi connectivity index (χ2n) is 4.57. The summed E-state index contributed by atoms with van der Waals surface area (Å²) in [5.41, 5.74) is -0.0179. The quantitative estimate of drug-likeness (QED) is 0.727. The Morgan fingerprint density at radius 3 is 2.54 bits per heavy atom. The molecule has 1 aliphatic heterocycles. The lowest BCUT2D eigenvalue weighted by Gasteiger charge is -2.43. The first-order valence-corrected chi connectivity index (χ1v) is 5.47. The van der Waals surface area contributed by atoms with Crippen molar-refractivity contribution in [3.8, 4) is 0 Å². The number of nitrogens with zero attached hydrogens (tertiary/aromatic N) is 1. The van der Waals surface area contributed by atoms with Gasteiger partial charge in [0, 0.05) is 11.6 Å². The number of aliphatic hydroxyl groups is 1. The molecule has 0 amide bonds. The van der Waals surface area contributed by atoms with Crippen molar-refractivity contribution < 1.29 is 5.11 Å².